The molecule has 84 valence electrons. The van der Waals surface area contributed by atoms with Crippen LogP contribution in [0.25, 0.3) is 0 Å². The van der Waals surface area contributed by atoms with Crippen LogP contribution in [0, 0.1) is 0 Å². The van der Waals surface area contributed by atoms with E-state index in [1.165, 1.54) is 0 Å². The second-order valence-electron chi connectivity index (χ2n) is 4.26. The minimum Gasteiger partial charge on any atom is -0.396 e. The first-order chi connectivity index (χ1) is 7.80. The van der Waals surface area contributed by atoms with Gasteiger partial charge >= 0.3 is 0 Å². The maximum atomic E-state index is 10.5. The summed E-state index contributed by atoms with van der Waals surface area (Å²) in [7, 11) is 0. The van der Waals surface area contributed by atoms with E-state index in [1.807, 2.05) is 24.3 Å². The first kappa shape index (κ1) is 11.1. The minimum atomic E-state index is -0.326. The quantitative estimate of drug-likeness (QED) is 0.619. The summed E-state index contributed by atoms with van der Waals surface area (Å²) in [6.07, 6.45) is 5.28. The molecule has 0 radical (unpaired) electrons. The van der Waals surface area contributed by atoms with Crippen LogP contribution in [0.4, 0.5) is 0 Å². The lowest BCUT2D eigenvalue weighted by Crippen LogP contribution is -2.31. The maximum Gasteiger partial charge on any atom is 0.235 e. The molecule has 0 bridgehead atoms. The number of hydrogen-bond acceptors (Lipinski definition) is 3. The predicted octanol–water partition coefficient (Wildman–Crippen LogP) is 1.94. The second-order valence-corrected chi connectivity index (χ2v) is 4.26. The van der Waals surface area contributed by atoms with E-state index in [9.17, 15) is 4.79 Å². The monoisotopic (exact) mass is 217 g/mol. The molecule has 0 heterocycles. The largest absolute Gasteiger partial charge is 0.396 e. The topological polar surface area (TPSA) is 49.7 Å². The summed E-state index contributed by atoms with van der Waals surface area (Å²) in [6.45, 7) is 0.146. The van der Waals surface area contributed by atoms with Crippen molar-refractivity contribution in [2.45, 2.75) is 31.2 Å². The molecule has 1 aromatic carbocycles. The van der Waals surface area contributed by atoms with Gasteiger partial charge < -0.3 is 5.11 Å². The number of nitrogens with zero attached hydrogens (tertiary/aromatic N) is 1. The second kappa shape index (κ2) is 4.60. The Morgan fingerprint density at radius 1 is 1.44 bits per heavy atom. The summed E-state index contributed by atoms with van der Waals surface area (Å²) < 4.78 is 0. The molecule has 0 aromatic heterocycles. The molecular weight excluding hydrogens is 202 g/mol. The Labute approximate surface area is 94.8 Å². The minimum absolute atomic E-state index is 0.146. The van der Waals surface area contributed by atoms with Gasteiger partial charge in [-0.05, 0) is 36.8 Å². The van der Waals surface area contributed by atoms with E-state index in [4.69, 9.17) is 5.11 Å². The van der Waals surface area contributed by atoms with Crippen LogP contribution in [0.2, 0.25) is 0 Å². The molecule has 1 aliphatic rings. The number of isocyanates is 1. The standard InChI is InChI=1S/C13H15NO2/c15-8-5-11-3-1-4-12(9-11)13(14-10-16)6-2-7-13/h1,3-4,9,15H,2,5-8H2. The van der Waals surface area contributed by atoms with Crippen molar-refractivity contribution in [3.8, 4) is 0 Å². The van der Waals surface area contributed by atoms with Gasteiger partial charge in [0.25, 0.3) is 0 Å². The average Bonchev–Trinajstić information content (AvgIpc) is 2.24. The summed E-state index contributed by atoms with van der Waals surface area (Å²) >= 11 is 0. The Morgan fingerprint density at radius 3 is 2.81 bits per heavy atom. The highest BCUT2D eigenvalue weighted by Gasteiger charge is 2.38. The number of rotatable bonds is 4. The molecule has 3 heteroatoms. The summed E-state index contributed by atoms with van der Waals surface area (Å²) in [5.41, 5.74) is 1.84. The SMILES string of the molecule is O=C=NC1(c2cccc(CCO)c2)CCC1. The van der Waals surface area contributed by atoms with E-state index >= 15 is 0 Å². The highest BCUT2D eigenvalue weighted by molar-refractivity contribution is 5.40. The highest BCUT2D eigenvalue weighted by atomic mass is 16.2. The molecule has 1 aromatic rings. The van der Waals surface area contributed by atoms with Crippen molar-refractivity contribution in [2.75, 3.05) is 6.61 Å². The van der Waals surface area contributed by atoms with E-state index in [1.54, 1.807) is 6.08 Å². The molecule has 0 spiro atoms. The van der Waals surface area contributed by atoms with E-state index < -0.39 is 0 Å². The lowest BCUT2D eigenvalue weighted by Gasteiger charge is -2.37. The van der Waals surface area contributed by atoms with E-state index in [0.717, 1.165) is 30.4 Å². The Balaban J connectivity index is 2.31. The first-order valence-electron chi connectivity index (χ1n) is 5.60. The van der Waals surface area contributed by atoms with Gasteiger partial charge in [0.15, 0.2) is 0 Å². The molecule has 1 N–H and O–H groups in total. The molecule has 0 amide bonds. The fourth-order valence-corrected chi connectivity index (χ4v) is 2.21. The molecule has 1 fully saturated rings. The van der Waals surface area contributed by atoms with Gasteiger partial charge in [-0.15, -0.1) is 0 Å². The number of aliphatic hydroxyl groups is 1. The van der Waals surface area contributed by atoms with Crippen molar-refractivity contribution in [2.24, 2.45) is 4.99 Å². The van der Waals surface area contributed by atoms with E-state index in [0.29, 0.717) is 6.42 Å². The average molecular weight is 217 g/mol. The summed E-state index contributed by atoms with van der Waals surface area (Å²) in [6, 6.07) is 7.98. The van der Waals surface area contributed by atoms with Crippen molar-refractivity contribution in [3.05, 3.63) is 35.4 Å². The molecule has 1 aliphatic carbocycles. The Hall–Kier alpha value is -1.44. The van der Waals surface area contributed by atoms with Crippen molar-refractivity contribution >= 4 is 6.08 Å². The third-order valence-electron chi connectivity index (χ3n) is 3.31. The lowest BCUT2D eigenvalue weighted by molar-refractivity contribution is 0.255. The van der Waals surface area contributed by atoms with Crippen LogP contribution in [0.15, 0.2) is 29.3 Å². The summed E-state index contributed by atoms with van der Waals surface area (Å²) in [5, 5.41) is 8.90. The van der Waals surface area contributed by atoms with Gasteiger partial charge in [-0.2, -0.15) is 4.99 Å². The van der Waals surface area contributed by atoms with Gasteiger partial charge in [-0.25, -0.2) is 4.79 Å². The lowest BCUT2D eigenvalue weighted by atomic mass is 9.72. The third-order valence-corrected chi connectivity index (χ3v) is 3.31. The number of aliphatic imine (C=N–C) groups is 1. The zero-order valence-corrected chi connectivity index (χ0v) is 9.15. The molecule has 1 saturated carbocycles. The Kier molecular flexibility index (Phi) is 3.18. The van der Waals surface area contributed by atoms with Crippen LogP contribution >= 0.6 is 0 Å². The molecule has 0 saturated heterocycles. The molecule has 0 unspecified atom stereocenters. The van der Waals surface area contributed by atoms with Crippen molar-refractivity contribution < 1.29 is 9.90 Å². The molecular formula is C13H15NO2. The van der Waals surface area contributed by atoms with E-state index in [2.05, 4.69) is 4.99 Å². The van der Waals surface area contributed by atoms with Crippen LogP contribution in [-0.2, 0) is 16.8 Å². The molecule has 2 rings (SSSR count). The Bertz CT molecular complexity index is 418. The molecule has 3 nitrogen and oxygen atoms in total. The van der Waals surface area contributed by atoms with Gasteiger partial charge in [-0.1, -0.05) is 24.3 Å². The number of benzene rings is 1. The maximum absolute atomic E-state index is 10.5. The van der Waals surface area contributed by atoms with E-state index in [-0.39, 0.29) is 12.1 Å². The molecule has 0 aliphatic heterocycles. The van der Waals surface area contributed by atoms with Crippen molar-refractivity contribution in [1.82, 2.24) is 0 Å². The molecule has 16 heavy (non-hydrogen) atoms. The molecule has 0 atom stereocenters. The third kappa shape index (κ3) is 1.92. The highest BCUT2D eigenvalue weighted by Crippen LogP contribution is 2.44. The van der Waals surface area contributed by atoms with Gasteiger partial charge in [0.2, 0.25) is 6.08 Å². The zero-order chi connectivity index (χ0) is 11.4. The predicted molar refractivity (Wildman–Crippen MR) is 60.9 cm³/mol. The van der Waals surface area contributed by atoms with Gasteiger partial charge in [0, 0.05) is 6.61 Å². The summed E-state index contributed by atoms with van der Waals surface area (Å²) in [5.74, 6) is 0. The van der Waals surface area contributed by atoms with Crippen molar-refractivity contribution in [1.29, 1.82) is 0 Å². The van der Waals surface area contributed by atoms with Crippen LogP contribution in [-0.4, -0.2) is 17.8 Å². The Morgan fingerprint density at radius 2 is 2.25 bits per heavy atom. The van der Waals surface area contributed by atoms with Gasteiger partial charge in [-0.3, -0.25) is 0 Å². The van der Waals surface area contributed by atoms with Gasteiger partial charge in [0.05, 0.1) is 5.54 Å². The first-order valence-corrected chi connectivity index (χ1v) is 5.60. The number of hydrogen-bond donors (Lipinski definition) is 1. The van der Waals surface area contributed by atoms with Crippen molar-refractivity contribution in [3.63, 3.8) is 0 Å². The van der Waals surface area contributed by atoms with Crippen LogP contribution < -0.4 is 0 Å². The number of carbonyl (C=O) groups excluding carboxylic acids is 1. The zero-order valence-electron chi connectivity index (χ0n) is 9.15. The smallest absolute Gasteiger partial charge is 0.235 e. The fourth-order valence-electron chi connectivity index (χ4n) is 2.21. The van der Waals surface area contributed by atoms with Crippen LogP contribution in [0.1, 0.15) is 30.4 Å². The van der Waals surface area contributed by atoms with Crippen LogP contribution in [0.3, 0.4) is 0 Å². The summed E-state index contributed by atoms with van der Waals surface area (Å²) in [4.78, 5) is 14.4. The normalized spacial score (nSPS) is 17.3. The fraction of sp³-hybridized carbons (Fsp3) is 0.462. The number of aliphatic hydroxyl groups excluding tert-OH is 1. The van der Waals surface area contributed by atoms with Gasteiger partial charge in [0.1, 0.15) is 0 Å². The van der Waals surface area contributed by atoms with Crippen LogP contribution in [0.5, 0.6) is 0 Å².